The summed E-state index contributed by atoms with van der Waals surface area (Å²) in [5.74, 6) is 0.390. The Hall–Kier alpha value is -2.74. The second-order valence-corrected chi connectivity index (χ2v) is 9.42. The molecule has 33 heavy (non-hydrogen) atoms. The van der Waals surface area contributed by atoms with E-state index in [-0.39, 0.29) is 18.7 Å². The standard InChI is InChI=1S/C26H32N4O3/c31-18-19-7-11-29(12-8-19)23-5-6-25-22(13-23)14-27-30(26(25)33)17-24(32)16-28-10-9-20-3-1-2-4-21(20)15-28/h1-6,13-14,19,24,31-32H,7-12,15-18H2/t24-/m1/s1. The lowest BCUT2D eigenvalue weighted by atomic mass is 9.97. The molecule has 1 atom stereocenters. The summed E-state index contributed by atoms with van der Waals surface area (Å²) in [5, 5.41) is 25.8. The first-order chi connectivity index (χ1) is 16.1. The van der Waals surface area contributed by atoms with E-state index in [2.05, 4.69) is 39.2 Å². The van der Waals surface area contributed by atoms with Crippen molar-refractivity contribution in [3.05, 3.63) is 70.1 Å². The van der Waals surface area contributed by atoms with Crippen LogP contribution in [0.4, 0.5) is 5.69 Å². The van der Waals surface area contributed by atoms with Crippen molar-refractivity contribution < 1.29 is 10.2 Å². The fourth-order valence-corrected chi connectivity index (χ4v) is 5.14. The Morgan fingerprint density at radius 1 is 1.03 bits per heavy atom. The lowest BCUT2D eigenvalue weighted by Crippen LogP contribution is -2.40. The molecule has 3 heterocycles. The molecule has 1 saturated heterocycles. The molecule has 2 aromatic carbocycles. The highest BCUT2D eigenvalue weighted by atomic mass is 16.3. The number of hydrogen-bond donors (Lipinski definition) is 2. The third-order valence-corrected chi connectivity index (χ3v) is 7.14. The number of anilines is 1. The summed E-state index contributed by atoms with van der Waals surface area (Å²) in [6, 6.07) is 14.3. The van der Waals surface area contributed by atoms with E-state index in [1.807, 2.05) is 18.2 Å². The molecule has 174 valence electrons. The van der Waals surface area contributed by atoms with Gasteiger partial charge in [0.15, 0.2) is 0 Å². The van der Waals surface area contributed by atoms with Crippen LogP contribution in [0.5, 0.6) is 0 Å². The van der Waals surface area contributed by atoms with Crippen molar-refractivity contribution in [1.29, 1.82) is 0 Å². The quantitative estimate of drug-likeness (QED) is 0.601. The zero-order valence-electron chi connectivity index (χ0n) is 18.9. The smallest absolute Gasteiger partial charge is 0.274 e. The summed E-state index contributed by atoms with van der Waals surface area (Å²) < 4.78 is 1.39. The van der Waals surface area contributed by atoms with Gasteiger partial charge in [-0.05, 0) is 54.5 Å². The van der Waals surface area contributed by atoms with Crippen molar-refractivity contribution in [1.82, 2.24) is 14.7 Å². The fraction of sp³-hybridized carbons (Fsp3) is 0.462. The van der Waals surface area contributed by atoms with Crippen LogP contribution in [0.15, 0.2) is 53.5 Å². The molecule has 2 N–H and O–H groups in total. The monoisotopic (exact) mass is 448 g/mol. The Morgan fingerprint density at radius 2 is 1.82 bits per heavy atom. The summed E-state index contributed by atoms with van der Waals surface area (Å²) in [6.45, 7) is 4.51. The number of aliphatic hydroxyl groups excluding tert-OH is 2. The van der Waals surface area contributed by atoms with Gasteiger partial charge in [0.1, 0.15) is 0 Å². The van der Waals surface area contributed by atoms with Crippen LogP contribution in [0, 0.1) is 5.92 Å². The van der Waals surface area contributed by atoms with E-state index in [0.717, 1.165) is 56.5 Å². The summed E-state index contributed by atoms with van der Waals surface area (Å²) >= 11 is 0. The minimum atomic E-state index is -0.662. The summed E-state index contributed by atoms with van der Waals surface area (Å²) in [6.07, 6.45) is 4.01. The number of aromatic nitrogens is 2. The van der Waals surface area contributed by atoms with Gasteiger partial charge in [0.2, 0.25) is 0 Å². The Labute approximate surface area is 193 Å². The first kappa shape index (κ1) is 22.1. The summed E-state index contributed by atoms with van der Waals surface area (Å²) in [4.78, 5) is 17.6. The highest BCUT2D eigenvalue weighted by Crippen LogP contribution is 2.25. The molecule has 7 nitrogen and oxygen atoms in total. The van der Waals surface area contributed by atoms with Crippen LogP contribution in [0.3, 0.4) is 0 Å². The number of hydrogen-bond acceptors (Lipinski definition) is 6. The van der Waals surface area contributed by atoms with Crippen molar-refractivity contribution in [2.45, 2.75) is 38.5 Å². The van der Waals surface area contributed by atoms with E-state index in [0.29, 0.717) is 17.8 Å². The Balaban J connectivity index is 1.25. The number of aliphatic hydroxyl groups is 2. The molecule has 2 aliphatic heterocycles. The van der Waals surface area contributed by atoms with Crippen LogP contribution in [0.25, 0.3) is 10.8 Å². The molecule has 0 unspecified atom stereocenters. The predicted octanol–water partition coefficient (Wildman–Crippen LogP) is 2.02. The Kier molecular flexibility index (Phi) is 6.44. The lowest BCUT2D eigenvalue weighted by Gasteiger charge is -2.33. The molecular formula is C26H32N4O3. The maximum absolute atomic E-state index is 13.0. The van der Waals surface area contributed by atoms with Gasteiger partial charge in [-0.1, -0.05) is 24.3 Å². The minimum absolute atomic E-state index is 0.166. The van der Waals surface area contributed by atoms with E-state index in [1.54, 1.807) is 6.20 Å². The Morgan fingerprint density at radius 3 is 2.61 bits per heavy atom. The predicted molar refractivity (Wildman–Crippen MR) is 129 cm³/mol. The van der Waals surface area contributed by atoms with Crippen molar-refractivity contribution in [3.63, 3.8) is 0 Å². The van der Waals surface area contributed by atoms with Gasteiger partial charge in [-0.3, -0.25) is 9.69 Å². The molecule has 0 spiro atoms. The highest BCUT2D eigenvalue weighted by Gasteiger charge is 2.21. The molecule has 0 aliphatic carbocycles. The average molecular weight is 449 g/mol. The zero-order valence-corrected chi connectivity index (χ0v) is 18.9. The molecule has 7 heteroatoms. The second-order valence-electron chi connectivity index (χ2n) is 9.42. The van der Waals surface area contributed by atoms with Gasteiger partial charge in [0.25, 0.3) is 5.56 Å². The maximum atomic E-state index is 13.0. The number of fused-ring (bicyclic) bond motifs is 2. The summed E-state index contributed by atoms with van der Waals surface area (Å²) in [7, 11) is 0. The topological polar surface area (TPSA) is 81.8 Å². The molecule has 0 amide bonds. The maximum Gasteiger partial charge on any atom is 0.274 e. The van der Waals surface area contributed by atoms with Gasteiger partial charge < -0.3 is 15.1 Å². The molecule has 0 saturated carbocycles. The number of nitrogens with zero attached hydrogens (tertiary/aromatic N) is 4. The largest absolute Gasteiger partial charge is 0.396 e. The molecule has 0 bridgehead atoms. The van der Waals surface area contributed by atoms with Crippen LogP contribution < -0.4 is 10.5 Å². The van der Waals surface area contributed by atoms with Crippen molar-refractivity contribution in [3.8, 4) is 0 Å². The number of benzene rings is 2. The third-order valence-electron chi connectivity index (χ3n) is 7.14. The first-order valence-electron chi connectivity index (χ1n) is 11.9. The van der Waals surface area contributed by atoms with Gasteiger partial charge in [0.05, 0.1) is 24.2 Å². The van der Waals surface area contributed by atoms with Gasteiger partial charge in [-0.15, -0.1) is 0 Å². The molecular weight excluding hydrogens is 416 g/mol. The normalized spacial score (nSPS) is 18.4. The molecule has 0 radical (unpaired) electrons. The lowest BCUT2D eigenvalue weighted by molar-refractivity contribution is 0.0878. The first-order valence-corrected chi connectivity index (χ1v) is 11.9. The number of β-amino-alcohol motifs (C(OH)–C–C–N with tert-alkyl or cyclic N) is 1. The van der Waals surface area contributed by atoms with Gasteiger partial charge >= 0.3 is 0 Å². The van der Waals surface area contributed by atoms with Crippen LogP contribution >= 0.6 is 0 Å². The van der Waals surface area contributed by atoms with Crippen molar-refractivity contribution in [2.75, 3.05) is 37.7 Å². The van der Waals surface area contributed by atoms with Gasteiger partial charge in [0, 0.05) is 50.4 Å². The SMILES string of the molecule is O=c1c2ccc(N3CCC(CO)CC3)cc2cnn1C[C@H](O)CN1CCc2ccccc2C1. The second kappa shape index (κ2) is 9.63. The van der Waals surface area contributed by atoms with E-state index >= 15 is 0 Å². The van der Waals surface area contributed by atoms with E-state index < -0.39 is 6.10 Å². The Bertz CT molecular complexity index is 1170. The third kappa shape index (κ3) is 4.81. The zero-order chi connectivity index (χ0) is 22.8. The fourth-order valence-electron chi connectivity index (χ4n) is 5.14. The molecule has 3 aromatic rings. The van der Waals surface area contributed by atoms with Crippen LogP contribution in [-0.2, 0) is 19.5 Å². The number of rotatable bonds is 6. The highest BCUT2D eigenvalue weighted by molar-refractivity contribution is 5.84. The molecule has 1 fully saturated rings. The number of piperidine rings is 1. The van der Waals surface area contributed by atoms with Gasteiger partial charge in [-0.2, -0.15) is 5.10 Å². The van der Waals surface area contributed by atoms with Gasteiger partial charge in [-0.25, -0.2) is 4.68 Å². The van der Waals surface area contributed by atoms with Crippen molar-refractivity contribution in [2.24, 2.45) is 5.92 Å². The van der Waals surface area contributed by atoms with Crippen LogP contribution in [0.2, 0.25) is 0 Å². The van der Waals surface area contributed by atoms with E-state index in [1.165, 1.54) is 15.8 Å². The van der Waals surface area contributed by atoms with E-state index in [4.69, 9.17) is 0 Å². The minimum Gasteiger partial charge on any atom is -0.396 e. The average Bonchev–Trinajstić information content (AvgIpc) is 2.85. The molecule has 2 aliphatic rings. The van der Waals surface area contributed by atoms with Crippen LogP contribution in [-0.4, -0.2) is 63.8 Å². The molecule has 1 aromatic heterocycles. The summed E-state index contributed by atoms with van der Waals surface area (Å²) in [5.41, 5.74) is 3.62. The van der Waals surface area contributed by atoms with Crippen LogP contribution in [0.1, 0.15) is 24.0 Å². The van der Waals surface area contributed by atoms with E-state index in [9.17, 15) is 15.0 Å². The van der Waals surface area contributed by atoms with Crippen molar-refractivity contribution >= 4 is 16.5 Å². The molecule has 5 rings (SSSR count).